The molecule has 0 saturated carbocycles. The lowest BCUT2D eigenvalue weighted by Gasteiger charge is -2.10. The highest BCUT2D eigenvalue weighted by atomic mass is 32.2. The van der Waals surface area contributed by atoms with Gasteiger partial charge < -0.3 is 5.32 Å². The molecule has 0 amide bonds. The third kappa shape index (κ3) is 3.63. The lowest BCUT2D eigenvalue weighted by Crippen LogP contribution is -2.11. The molecule has 1 aromatic heterocycles. The van der Waals surface area contributed by atoms with E-state index >= 15 is 0 Å². The summed E-state index contributed by atoms with van der Waals surface area (Å²) in [6, 6.07) is 0. The van der Waals surface area contributed by atoms with Crippen LogP contribution in [0, 0.1) is 5.82 Å². The van der Waals surface area contributed by atoms with Crippen molar-refractivity contribution in [1.29, 1.82) is 0 Å². The average Bonchev–Trinajstić information content (AvgIpc) is 2.31. The zero-order valence-electron chi connectivity index (χ0n) is 9.96. The molecule has 3 nitrogen and oxygen atoms in total. The van der Waals surface area contributed by atoms with Gasteiger partial charge in [-0.25, -0.2) is 14.4 Å². The van der Waals surface area contributed by atoms with E-state index in [4.69, 9.17) is 0 Å². The molecule has 1 unspecified atom stereocenters. The van der Waals surface area contributed by atoms with E-state index in [0.29, 0.717) is 23.2 Å². The van der Waals surface area contributed by atoms with Gasteiger partial charge in [0.1, 0.15) is 6.33 Å². The second-order valence-corrected chi connectivity index (χ2v) is 4.87. The topological polar surface area (TPSA) is 37.8 Å². The van der Waals surface area contributed by atoms with Gasteiger partial charge in [0.2, 0.25) is 0 Å². The molecule has 0 radical (unpaired) electrons. The minimum absolute atomic E-state index is 0.318. The Bertz CT molecular complexity index is 333. The fourth-order valence-electron chi connectivity index (χ4n) is 1.29. The Hall–Kier alpha value is -0.840. The summed E-state index contributed by atoms with van der Waals surface area (Å²) in [5, 5.41) is 3.59. The van der Waals surface area contributed by atoms with Crippen molar-refractivity contribution in [1.82, 2.24) is 9.97 Å². The van der Waals surface area contributed by atoms with E-state index in [2.05, 4.69) is 28.5 Å². The van der Waals surface area contributed by atoms with Gasteiger partial charge in [-0.1, -0.05) is 13.8 Å². The van der Waals surface area contributed by atoms with Gasteiger partial charge in [0.25, 0.3) is 0 Å². The van der Waals surface area contributed by atoms with E-state index in [1.54, 1.807) is 11.8 Å². The highest BCUT2D eigenvalue weighted by Gasteiger charge is 2.09. The maximum Gasteiger partial charge on any atom is 0.186 e. The monoisotopic (exact) mass is 243 g/mol. The number of nitrogens with one attached hydrogen (secondary N) is 1. The van der Waals surface area contributed by atoms with Gasteiger partial charge in [0, 0.05) is 11.8 Å². The molecule has 0 aliphatic rings. The fourth-order valence-corrected chi connectivity index (χ4v) is 1.64. The minimum atomic E-state index is -0.318. The first kappa shape index (κ1) is 13.2. The Balaban J connectivity index is 2.54. The van der Waals surface area contributed by atoms with Crippen LogP contribution < -0.4 is 5.32 Å². The van der Waals surface area contributed by atoms with Crippen molar-refractivity contribution in [2.75, 3.05) is 18.1 Å². The summed E-state index contributed by atoms with van der Waals surface area (Å²) < 4.78 is 13.7. The molecule has 0 aliphatic heterocycles. The van der Waals surface area contributed by atoms with Crippen LogP contribution in [0.4, 0.5) is 10.2 Å². The van der Waals surface area contributed by atoms with E-state index in [9.17, 15) is 4.39 Å². The van der Waals surface area contributed by atoms with Crippen LogP contribution in [0.25, 0.3) is 0 Å². The highest BCUT2D eigenvalue weighted by Crippen LogP contribution is 2.14. The highest BCUT2D eigenvalue weighted by molar-refractivity contribution is 7.99. The van der Waals surface area contributed by atoms with Crippen LogP contribution in [0.5, 0.6) is 0 Å². The summed E-state index contributed by atoms with van der Waals surface area (Å²) in [7, 11) is 0. The summed E-state index contributed by atoms with van der Waals surface area (Å²) in [6.07, 6.45) is 5.06. The van der Waals surface area contributed by atoms with Gasteiger partial charge in [0.15, 0.2) is 11.6 Å². The predicted octanol–water partition coefficient (Wildman–Crippen LogP) is 2.73. The van der Waals surface area contributed by atoms with Crippen molar-refractivity contribution >= 4 is 17.6 Å². The molecule has 5 heteroatoms. The number of hydrogen-bond acceptors (Lipinski definition) is 4. The molecule has 16 heavy (non-hydrogen) atoms. The summed E-state index contributed by atoms with van der Waals surface area (Å²) in [5.41, 5.74) is 0.468. The lowest BCUT2D eigenvalue weighted by molar-refractivity contribution is 0.596. The Morgan fingerprint density at radius 3 is 2.88 bits per heavy atom. The number of nitrogens with zero attached hydrogens (tertiary/aromatic N) is 2. The van der Waals surface area contributed by atoms with Gasteiger partial charge in [0.05, 0.1) is 5.69 Å². The van der Waals surface area contributed by atoms with E-state index in [-0.39, 0.29) is 5.82 Å². The summed E-state index contributed by atoms with van der Waals surface area (Å²) in [4.78, 5) is 7.79. The largest absolute Gasteiger partial charge is 0.367 e. The maximum absolute atomic E-state index is 13.7. The summed E-state index contributed by atoms with van der Waals surface area (Å²) >= 11 is 1.81. The molecule has 90 valence electrons. The van der Waals surface area contributed by atoms with Crippen molar-refractivity contribution in [2.24, 2.45) is 0 Å². The molecule has 0 aliphatic carbocycles. The van der Waals surface area contributed by atoms with Crippen LogP contribution in [0.15, 0.2) is 6.33 Å². The van der Waals surface area contributed by atoms with Crippen LogP contribution in [-0.4, -0.2) is 28.0 Å². The maximum atomic E-state index is 13.7. The lowest BCUT2D eigenvalue weighted by atomic mass is 10.3. The van der Waals surface area contributed by atoms with Gasteiger partial charge >= 0.3 is 0 Å². The summed E-state index contributed by atoms with van der Waals surface area (Å²) in [6.45, 7) is 4.77. The molecule has 1 atom stereocenters. The van der Waals surface area contributed by atoms with Gasteiger partial charge in [-0.2, -0.15) is 11.8 Å². The number of aromatic nitrogens is 2. The second kappa shape index (κ2) is 6.68. The Kier molecular flexibility index (Phi) is 5.52. The molecule has 0 fully saturated rings. The van der Waals surface area contributed by atoms with Crippen LogP contribution >= 0.6 is 11.8 Å². The standard InChI is InChI=1S/C11H18FN3S/c1-4-9-10(12)11(15-7-14-9)13-6-5-8(2)16-3/h7-8H,4-6H2,1-3H3,(H,13,14,15). The third-order valence-electron chi connectivity index (χ3n) is 2.44. The number of halogens is 1. The first-order valence-corrected chi connectivity index (χ1v) is 6.73. The third-order valence-corrected chi connectivity index (χ3v) is 3.48. The molecule has 1 rings (SSSR count). The van der Waals surface area contributed by atoms with Gasteiger partial charge in [-0.05, 0) is 19.1 Å². The molecular formula is C11H18FN3S. The normalized spacial score (nSPS) is 12.5. The average molecular weight is 243 g/mol. The SMILES string of the molecule is CCc1ncnc(NCCC(C)SC)c1F. The first-order chi connectivity index (χ1) is 7.69. The number of rotatable bonds is 6. The van der Waals surface area contributed by atoms with Crippen LogP contribution in [0.1, 0.15) is 26.0 Å². The molecule has 1 aromatic rings. The van der Waals surface area contributed by atoms with Gasteiger partial charge in [-0.3, -0.25) is 0 Å². The molecule has 0 bridgehead atoms. The Morgan fingerprint density at radius 2 is 2.25 bits per heavy atom. The van der Waals surface area contributed by atoms with Crippen molar-refractivity contribution in [3.63, 3.8) is 0 Å². The van der Waals surface area contributed by atoms with E-state index < -0.39 is 0 Å². The molecule has 1 heterocycles. The molecule has 1 N–H and O–H groups in total. The van der Waals surface area contributed by atoms with Crippen LogP contribution in [-0.2, 0) is 6.42 Å². The van der Waals surface area contributed by atoms with Crippen LogP contribution in [0.2, 0.25) is 0 Å². The van der Waals surface area contributed by atoms with Crippen molar-refractivity contribution in [3.8, 4) is 0 Å². The van der Waals surface area contributed by atoms with Crippen molar-refractivity contribution < 1.29 is 4.39 Å². The number of aryl methyl sites for hydroxylation is 1. The Morgan fingerprint density at radius 1 is 1.50 bits per heavy atom. The molecule has 0 spiro atoms. The number of anilines is 1. The zero-order valence-corrected chi connectivity index (χ0v) is 10.8. The molecule has 0 aromatic carbocycles. The number of thioether (sulfide) groups is 1. The van der Waals surface area contributed by atoms with Gasteiger partial charge in [-0.15, -0.1) is 0 Å². The van der Waals surface area contributed by atoms with E-state index in [1.807, 2.05) is 6.92 Å². The van der Waals surface area contributed by atoms with Crippen LogP contribution in [0.3, 0.4) is 0 Å². The predicted molar refractivity (Wildman–Crippen MR) is 67.5 cm³/mol. The summed E-state index contributed by atoms with van der Waals surface area (Å²) in [5.74, 6) is 0.00181. The van der Waals surface area contributed by atoms with E-state index in [1.165, 1.54) is 6.33 Å². The smallest absolute Gasteiger partial charge is 0.186 e. The van der Waals surface area contributed by atoms with Crippen molar-refractivity contribution in [2.45, 2.75) is 31.9 Å². The fraction of sp³-hybridized carbons (Fsp3) is 0.636. The first-order valence-electron chi connectivity index (χ1n) is 5.45. The Labute approximate surface area is 100 Å². The zero-order chi connectivity index (χ0) is 12.0. The minimum Gasteiger partial charge on any atom is -0.367 e. The molecular weight excluding hydrogens is 225 g/mol. The number of hydrogen-bond donors (Lipinski definition) is 1. The quantitative estimate of drug-likeness (QED) is 0.833. The van der Waals surface area contributed by atoms with Crippen molar-refractivity contribution in [3.05, 3.63) is 17.8 Å². The van der Waals surface area contributed by atoms with E-state index in [0.717, 1.165) is 13.0 Å². The second-order valence-electron chi connectivity index (χ2n) is 3.60. The molecule has 0 saturated heterocycles.